The fraction of sp³-hybridized carbons (Fsp3) is 0.862. The molecular weight excluding hydrogens is 364 g/mol. The van der Waals surface area contributed by atoms with Crippen LogP contribution in [0.15, 0.2) is 24.3 Å². The highest BCUT2D eigenvalue weighted by Gasteiger charge is 2.61. The first-order valence-electron chi connectivity index (χ1n) is 13.1. The Hall–Kier alpha value is -0.560. The summed E-state index contributed by atoms with van der Waals surface area (Å²) in [5.41, 5.74) is 3.44. The van der Waals surface area contributed by atoms with Gasteiger partial charge < -0.3 is 5.11 Å². The van der Waals surface area contributed by atoms with Gasteiger partial charge in [-0.3, -0.25) is 0 Å². The van der Waals surface area contributed by atoms with Crippen molar-refractivity contribution < 1.29 is 5.11 Å². The molecule has 0 aromatic carbocycles. The van der Waals surface area contributed by atoms with Crippen molar-refractivity contribution in [2.45, 2.75) is 105 Å². The molecule has 4 aliphatic rings. The molecular formula is C29H48O. The topological polar surface area (TPSA) is 20.2 Å². The Morgan fingerprint density at radius 2 is 1.57 bits per heavy atom. The van der Waals surface area contributed by atoms with Crippen LogP contribution in [0.4, 0.5) is 0 Å². The van der Waals surface area contributed by atoms with Gasteiger partial charge in [0.2, 0.25) is 0 Å². The molecule has 170 valence electrons. The van der Waals surface area contributed by atoms with Gasteiger partial charge in [0.25, 0.3) is 0 Å². The largest absolute Gasteiger partial charge is 0.393 e. The minimum absolute atomic E-state index is 0.0563. The van der Waals surface area contributed by atoms with Gasteiger partial charge in [0.1, 0.15) is 0 Å². The zero-order valence-electron chi connectivity index (χ0n) is 20.6. The second-order valence-electron chi connectivity index (χ2n) is 12.7. The standard InChI is InChI=1S/C29H48O/c1-18(2)19(3)8-9-20(4)23-12-13-25-22-10-11-24-21(5)27(30)15-17-29(24,7)26(22)14-16-28(23,25)6/h20-27,30H,1,3,8-17H2,2,4-7H3/t20-,21?,22+,23-,24?,25+,26+,27?,28-,29+/m1/s1. The van der Waals surface area contributed by atoms with Crippen LogP contribution in [0.25, 0.3) is 0 Å². The van der Waals surface area contributed by atoms with Crippen LogP contribution >= 0.6 is 0 Å². The van der Waals surface area contributed by atoms with Gasteiger partial charge in [0, 0.05) is 0 Å². The van der Waals surface area contributed by atoms with Gasteiger partial charge in [-0.1, -0.05) is 52.0 Å². The van der Waals surface area contributed by atoms with E-state index < -0.39 is 0 Å². The van der Waals surface area contributed by atoms with E-state index in [1.165, 1.54) is 56.9 Å². The average molecular weight is 413 g/mol. The van der Waals surface area contributed by atoms with E-state index in [0.717, 1.165) is 53.9 Å². The van der Waals surface area contributed by atoms with Gasteiger partial charge in [-0.2, -0.15) is 0 Å². The Labute approximate surface area is 186 Å². The number of aliphatic hydroxyl groups excluding tert-OH is 1. The number of hydrogen-bond acceptors (Lipinski definition) is 1. The van der Waals surface area contributed by atoms with E-state index in [4.69, 9.17) is 0 Å². The minimum atomic E-state index is -0.0563. The lowest BCUT2D eigenvalue weighted by atomic mass is 9.43. The van der Waals surface area contributed by atoms with Crippen molar-refractivity contribution in [1.29, 1.82) is 0 Å². The first-order valence-corrected chi connectivity index (χ1v) is 13.1. The number of hydrogen-bond donors (Lipinski definition) is 1. The maximum atomic E-state index is 10.5. The van der Waals surface area contributed by atoms with Crippen LogP contribution in [0.1, 0.15) is 98.8 Å². The summed E-state index contributed by atoms with van der Waals surface area (Å²) in [5.74, 6) is 5.71. The van der Waals surface area contributed by atoms with Crippen LogP contribution in [-0.2, 0) is 0 Å². The lowest BCUT2D eigenvalue weighted by molar-refractivity contribution is -0.149. The maximum Gasteiger partial charge on any atom is 0.0568 e. The van der Waals surface area contributed by atoms with Crippen molar-refractivity contribution >= 4 is 0 Å². The molecule has 0 spiro atoms. The van der Waals surface area contributed by atoms with Crippen LogP contribution in [0.3, 0.4) is 0 Å². The second-order valence-corrected chi connectivity index (χ2v) is 12.7. The number of fused-ring (bicyclic) bond motifs is 5. The lowest BCUT2D eigenvalue weighted by Gasteiger charge is -2.62. The highest BCUT2D eigenvalue weighted by Crippen LogP contribution is 2.68. The summed E-state index contributed by atoms with van der Waals surface area (Å²) in [4.78, 5) is 0. The molecule has 0 aliphatic heterocycles. The smallest absolute Gasteiger partial charge is 0.0568 e. The van der Waals surface area contributed by atoms with E-state index in [0.29, 0.717) is 16.7 Å². The van der Waals surface area contributed by atoms with Gasteiger partial charge in [-0.05, 0) is 123 Å². The lowest BCUT2D eigenvalue weighted by Crippen LogP contribution is -2.56. The minimum Gasteiger partial charge on any atom is -0.393 e. The molecule has 4 aliphatic carbocycles. The van der Waals surface area contributed by atoms with Gasteiger partial charge in [0.05, 0.1) is 6.10 Å². The van der Waals surface area contributed by atoms with E-state index in [2.05, 4.69) is 47.8 Å². The number of aliphatic hydroxyl groups is 1. The number of rotatable bonds is 5. The molecule has 0 aromatic heterocycles. The SMILES string of the molecule is C=C(C)C(=C)CC[C@@H](C)[C@H]1CC[C@H]2[C@@H]3CCC4C(C)C(O)CC[C@]4(C)[C@H]3CC[C@]12C. The molecule has 4 fully saturated rings. The Morgan fingerprint density at radius 1 is 0.933 bits per heavy atom. The zero-order chi connectivity index (χ0) is 21.8. The monoisotopic (exact) mass is 412 g/mol. The molecule has 0 saturated heterocycles. The molecule has 0 amide bonds. The van der Waals surface area contributed by atoms with Crippen LogP contribution in [0, 0.1) is 52.3 Å². The fourth-order valence-electron chi connectivity index (χ4n) is 9.50. The predicted octanol–water partition coefficient (Wildman–Crippen LogP) is 7.80. The van der Waals surface area contributed by atoms with E-state index in [9.17, 15) is 5.11 Å². The molecule has 1 N–H and O–H groups in total. The molecule has 1 nitrogen and oxygen atoms in total. The third kappa shape index (κ3) is 3.46. The summed E-state index contributed by atoms with van der Waals surface area (Å²) < 4.78 is 0. The summed E-state index contributed by atoms with van der Waals surface area (Å²) >= 11 is 0. The van der Waals surface area contributed by atoms with Crippen LogP contribution < -0.4 is 0 Å². The molecule has 3 unspecified atom stereocenters. The summed E-state index contributed by atoms with van der Waals surface area (Å²) in [6, 6.07) is 0. The maximum absolute atomic E-state index is 10.5. The van der Waals surface area contributed by atoms with Crippen LogP contribution in [0.5, 0.6) is 0 Å². The normalized spacial score (nSPS) is 48.9. The molecule has 4 rings (SSSR count). The molecule has 30 heavy (non-hydrogen) atoms. The van der Waals surface area contributed by atoms with E-state index >= 15 is 0 Å². The van der Waals surface area contributed by atoms with E-state index in [1.807, 2.05) is 0 Å². The van der Waals surface area contributed by atoms with Crippen molar-refractivity contribution in [3.05, 3.63) is 24.3 Å². The first-order chi connectivity index (χ1) is 14.1. The van der Waals surface area contributed by atoms with Crippen molar-refractivity contribution in [3.63, 3.8) is 0 Å². The van der Waals surface area contributed by atoms with Crippen molar-refractivity contribution in [2.24, 2.45) is 52.3 Å². The highest BCUT2D eigenvalue weighted by molar-refractivity contribution is 5.22. The van der Waals surface area contributed by atoms with Gasteiger partial charge in [-0.25, -0.2) is 0 Å². The Morgan fingerprint density at radius 3 is 2.27 bits per heavy atom. The van der Waals surface area contributed by atoms with Crippen molar-refractivity contribution in [3.8, 4) is 0 Å². The average Bonchev–Trinajstić information content (AvgIpc) is 3.06. The van der Waals surface area contributed by atoms with Gasteiger partial charge >= 0.3 is 0 Å². The van der Waals surface area contributed by atoms with Crippen molar-refractivity contribution in [2.75, 3.05) is 0 Å². The van der Waals surface area contributed by atoms with E-state index in [-0.39, 0.29) is 6.10 Å². The third-order valence-corrected chi connectivity index (χ3v) is 11.4. The van der Waals surface area contributed by atoms with Gasteiger partial charge in [-0.15, -0.1) is 0 Å². The molecule has 0 heterocycles. The summed E-state index contributed by atoms with van der Waals surface area (Å²) in [6.45, 7) is 20.6. The fourth-order valence-corrected chi connectivity index (χ4v) is 9.50. The summed E-state index contributed by atoms with van der Waals surface area (Å²) in [7, 11) is 0. The quantitative estimate of drug-likeness (QED) is 0.457. The molecule has 10 atom stereocenters. The van der Waals surface area contributed by atoms with Crippen LogP contribution in [0.2, 0.25) is 0 Å². The zero-order valence-corrected chi connectivity index (χ0v) is 20.6. The Balaban J connectivity index is 1.49. The molecule has 0 radical (unpaired) electrons. The highest BCUT2D eigenvalue weighted by atomic mass is 16.3. The van der Waals surface area contributed by atoms with E-state index in [1.54, 1.807) is 0 Å². The molecule has 0 bridgehead atoms. The Kier molecular flexibility index (Phi) is 6.10. The molecule has 4 saturated carbocycles. The van der Waals surface area contributed by atoms with Crippen LogP contribution in [-0.4, -0.2) is 11.2 Å². The molecule has 1 heteroatoms. The number of allylic oxidation sites excluding steroid dienone is 2. The summed E-state index contributed by atoms with van der Waals surface area (Å²) in [6.07, 6.45) is 13.2. The third-order valence-electron chi connectivity index (χ3n) is 11.4. The predicted molar refractivity (Wildman–Crippen MR) is 128 cm³/mol. The van der Waals surface area contributed by atoms with Crippen molar-refractivity contribution in [1.82, 2.24) is 0 Å². The Bertz CT molecular complexity index is 678. The first kappa shape index (κ1) is 22.6. The summed E-state index contributed by atoms with van der Waals surface area (Å²) in [5, 5.41) is 10.5. The molecule has 0 aromatic rings. The second kappa shape index (κ2) is 8.09. The van der Waals surface area contributed by atoms with Gasteiger partial charge in [0.15, 0.2) is 0 Å².